The Morgan fingerprint density at radius 2 is 1.74 bits per heavy atom. The number of sulfonamides is 1. The third kappa shape index (κ3) is 7.21. The number of ether oxygens (including phenoxy) is 1. The zero-order valence-electron chi connectivity index (χ0n) is 16.3. The molecule has 148 valence electrons. The monoisotopic (exact) mass is 391 g/mol. The van der Waals surface area contributed by atoms with Gasteiger partial charge >= 0.3 is 5.97 Å². The van der Waals surface area contributed by atoms with Crippen LogP contribution in [0.3, 0.4) is 0 Å². The summed E-state index contributed by atoms with van der Waals surface area (Å²) in [4.78, 5) is 11.9. The third-order valence-corrected chi connectivity index (χ3v) is 5.21. The number of allylic oxidation sites excluding steroid dienone is 4. The molecule has 0 atom stereocenters. The maximum atomic E-state index is 11.9. The van der Waals surface area contributed by atoms with Crippen LogP contribution >= 0.6 is 0 Å². The number of carbonyl (C=O) groups is 1. The Morgan fingerprint density at radius 3 is 2.30 bits per heavy atom. The molecular formula is C21H29NO4S. The molecule has 0 spiro atoms. The van der Waals surface area contributed by atoms with Gasteiger partial charge in [-0.05, 0) is 62.0 Å². The van der Waals surface area contributed by atoms with Crippen LogP contribution in [0.1, 0.15) is 61.9 Å². The highest BCUT2D eigenvalue weighted by molar-refractivity contribution is 7.88. The van der Waals surface area contributed by atoms with E-state index in [1.54, 1.807) is 26.0 Å². The first-order valence-electron chi connectivity index (χ1n) is 9.44. The van der Waals surface area contributed by atoms with Crippen molar-refractivity contribution in [2.24, 2.45) is 5.92 Å². The van der Waals surface area contributed by atoms with Crippen LogP contribution in [0.15, 0.2) is 42.1 Å². The van der Waals surface area contributed by atoms with E-state index >= 15 is 0 Å². The molecule has 27 heavy (non-hydrogen) atoms. The summed E-state index contributed by atoms with van der Waals surface area (Å²) >= 11 is 0. The lowest BCUT2D eigenvalue weighted by Gasteiger charge is -2.19. The molecule has 1 aliphatic carbocycles. The fourth-order valence-electron chi connectivity index (χ4n) is 3.35. The van der Waals surface area contributed by atoms with Crippen molar-refractivity contribution in [3.63, 3.8) is 0 Å². The molecule has 0 bridgehead atoms. The van der Waals surface area contributed by atoms with Gasteiger partial charge < -0.3 is 4.74 Å². The molecule has 6 heteroatoms. The van der Waals surface area contributed by atoms with E-state index in [0.29, 0.717) is 23.8 Å². The van der Waals surface area contributed by atoms with E-state index in [4.69, 9.17) is 4.74 Å². The Kier molecular flexibility index (Phi) is 7.66. The number of benzene rings is 1. The largest absolute Gasteiger partial charge is 0.462 e. The van der Waals surface area contributed by atoms with Gasteiger partial charge in [0.05, 0.1) is 18.4 Å². The van der Waals surface area contributed by atoms with Crippen LogP contribution < -0.4 is 4.72 Å². The highest BCUT2D eigenvalue weighted by Crippen LogP contribution is 2.29. The Morgan fingerprint density at radius 1 is 1.15 bits per heavy atom. The fourth-order valence-corrected chi connectivity index (χ4v) is 3.99. The first kappa shape index (κ1) is 21.2. The van der Waals surface area contributed by atoms with Crippen molar-refractivity contribution in [3.8, 4) is 0 Å². The van der Waals surface area contributed by atoms with Crippen molar-refractivity contribution < 1.29 is 17.9 Å². The van der Waals surface area contributed by atoms with E-state index in [9.17, 15) is 13.2 Å². The number of esters is 1. The number of hydrogen-bond acceptors (Lipinski definition) is 4. The van der Waals surface area contributed by atoms with Crippen molar-refractivity contribution in [2.45, 2.75) is 46.0 Å². The molecule has 0 heterocycles. The first-order valence-corrected chi connectivity index (χ1v) is 11.3. The molecule has 0 saturated heterocycles. The molecule has 0 amide bonds. The molecule has 1 N–H and O–H groups in total. The molecule has 1 saturated carbocycles. The van der Waals surface area contributed by atoms with Gasteiger partial charge in [0, 0.05) is 5.70 Å². The first-order chi connectivity index (χ1) is 12.8. The molecule has 1 aliphatic rings. The zero-order valence-corrected chi connectivity index (χ0v) is 17.1. The summed E-state index contributed by atoms with van der Waals surface area (Å²) in [5.41, 5.74) is 2.98. The summed E-state index contributed by atoms with van der Waals surface area (Å²) in [5.74, 6) is 0.146. The lowest BCUT2D eigenvalue weighted by atomic mass is 9.86. The van der Waals surface area contributed by atoms with Crippen molar-refractivity contribution in [3.05, 3.63) is 53.2 Å². The second kappa shape index (κ2) is 9.74. The summed E-state index contributed by atoms with van der Waals surface area (Å²) in [6.07, 6.45) is 11.2. The predicted octanol–water partition coefficient (Wildman–Crippen LogP) is 4.28. The Bertz CT molecular complexity index is 801. The molecule has 5 nitrogen and oxygen atoms in total. The van der Waals surface area contributed by atoms with E-state index < -0.39 is 10.0 Å². The van der Waals surface area contributed by atoms with E-state index in [-0.39, 0.29) is 5.97 Å². The molecule has 1 fully saturated rings. The maximum Gasteiger partial charge on any atom is 0.338 e. The van der Waals surface area contributed by atoms with E-state index in [2.05, 4.69) is 10.8 Å². The van der Waals surface area contributed by atoms with Crippen molar-refractivity contribution in [1.82, 2.24) is 4.72 Å². The Hall–Kier alpha value is -2.08. The molecule has 2 rings (SSSR count). The van der Waals surface area contributed by atoms with Gasteiger partial charge in [0.2, 0.25) is 10.0 Å². The highest BCUT2D eigenvalue weighted by Gasteiger charge is 2.13. The molecule has 0 radical (unpaired) electrons. The molecule has 0 unspecified atom stereocenters. The van der Waals surface area contributed by atoms with Gasteiger partial charge in [-0.15, -0.1) is 0 Å². The lowest BCUT2D eigenvalue weighted by molar-refractivity contribution is 0.0526. The standard InChI is InChI=1S/C21H29NO4S/c1-4-26-21(23)19-12-10-18(11-13-19)20(14-16(2)22-27(3,24)25)15-17-8-6-5-7-9-17/h10-15,17,22H,4-9H2,1-3H3/b16-14+,20-15+. The van der Waals surface area contributed by atoms with Crippen molar-refractivity contribution in [1.29, 1.82) is 0 Å². The van der Waals surface area contributed by atoms with E-state index in [0.717, 1.165) is 30.2 Å². The van der Waals surface area contributed by atoms with Crippen LogP contribution in [-0.4, -0.2) is 27.2 Å². The van der Waals surface area contributed by atoms with Gasteiger partial charge in [0.1, 0.15) is 0 Å². The summed E-state index contributed by atoms with van der Waals surface area (Å²) < 4.78 is 30.6. The molecule has 1 aromatic rings. The van der Waals surface area contributed by atoms with Crippen LogP contribution in [0.4, 0.5) is 0 Å². The SMILES string of the molecule is CCOC(=O)c1ccc(C(/C=C(\C)NS(C)(=O)=O)=C/C2CCCCC2)cc1. The van der Waals surface area contributed by atoms with Crippen LogP contribution in [0.5, 0.6) is 0 Å². The van der Waals surface area contributed by atoms with Gasteiger partial charge in [-0.3, -0.25) is 4.72 Å². The molecule has 0 aromatic heterocycles. The second-order valence-corrected chi connectivity index (χ2v) is 8.77. The van der Waals surface area contributed by atoms with Crippen molar-refractivity contribution in [2.75, 3.05) is 12.9 Å². The quantitative estimate of drug-likeness (QED) is 0.556. The predicted molar refractivity (Wildman–Crippen MR) is 109 cm³/mol. The fraction of sp³-hybridized carbons (Fsp3) is 0.476. The second-order valence-electron chi connectivity index (χ2n) is 7.02. The Balaban J connectivity index is 2.32. The average molecular weight is 392 g/mol. The van der Waals surface area contributed by atoms with Gasteiger partial charge in [-0.1, -0.05) is 37.5 Å². The highest BCUT2D eigenvalue weighted by atomic mass is 32.2. The summed E-state index contributed by atoms with van der Waals surface area (Å²) in [6, 6.07) is 7.25. The normalized spacial score (nSPS) is 16.9. The minimum absolute atomic E-state index is 0.340. The molecule has 1 aromatic carbocycles. The third-order valence-electron chi connectivity index (χ3n) is 4.51. The van der Waals surface area contributed by atoms with Crippen molar-refractivity contribution >= 4 is 21.6 Å². The number of carbonyl (C=O) groups excluding carboxylic acids is 1. The Labute approximate surface area is 162 Å². The van der Waals surface area contributed by atoms with Crippen LogP contribution in [0.25, 0.3) is 5.57 Å². The van der Waals surface area contributed by atoms with Gasteiger partial charge in [0.15, 0.2) is 0 Å². The van der Waals surface area contributed by atoms with Crippen LogP contribution in [0.2, 0.25) is 0 Å². The molecule has 0 aliphatic heterocycles. The van der Waals surface area contributed by atoms with E-state index in [1.807, 2.05) is 18.2 Å². The zero-order chi connectivity index (χ0) is 19.9. The average Bonchev–Trinajstić information content (AvgIpc) is 2.61. The van der Waals surface area contributed by atoms with Crippen LogP contribution in [0, 0.1) is 5.92 Å². The minimum Gasteiger partial charge on any atom is -0.462 e. The maximum absolute atomic E-state index is 11.9. The van der Waals surface area contributed by atoms with Crippen LogP contribution in [-0.2, 0) is 14.8 Å². The summed E-state index contributed by atoms with van der Waals surface area (Å²) in [6.45, 7) is 3.86. The van der Waals surface area contributed by atoms with Gasteiger partial charge in [0.25, 0.3) is 0 Å². The summed E-state index contributed by atoms with van der Waals surface area (Å²) in [7, 11) is -3.32. The number of hydrogen-bond donors (Lipinski definition) is 1. The summed E-state index contributed by atoms with van der Waals surface area (Å²) in [5, 5.41) is 0. The minimum atomic E-state index is -3.32. The number of rotatable bonds is 7. The van der Waals surface area contributed by atoms with E-state index in [1.165, 1.54) is 19.3 Å². The van der Waals surface area contributed by atoms with Gasteiger partial charge in [-0.25, -0.2) is 13.2 Å². The van der Waals surface area contributed by atoms with Gasteiger partial charge in [-0.2, -0.15) is 0 Å². The topological polar surface area (TPSA) is 72.5 Å². The lowest BCUT2D eigenvalue weighted by Crippen LogP contribution is -2.19. The number of nitrogens with one attached hydrogen (secondary N) is 1. The molecular weight excluding hydrogens is 362 g/mol. The smallest absolute Gasteiger partial charge is 0.338 e.